The third-order valence-corrected chi connectivity index (χ3v) is 5.22. The topological polar surface area (TPSA) is 115 Å². The predicted molar refractivity (Wildman–Crippen MR) is 122 cm³/mol. The van der Waals surface area contributed by atoms with Gasteiger partial charge in [-0.1, -0.05) is 103 Å². The maximum atomic E-state index is 8.56. The molecule has 1 rings (SSSR count). The van der Waals surface area contributed by atoms with Crippen molar-refractivity contribution < 1.29 is 30.0 Å². The Morgan fingerprint density at radius 2 is 1.00 bits per heavy atom. The highest BCUT2D eigenvalue weighted by molar-refractivity contribution is 5.53. The first-order chi connectivity index (χ1) is 14.2. The average molecular weight is 427 g/mol. The third-order valence-electron chi connectivity index (χ3n) is 5.22. The van der Waals surface area contributed by atoms with Crippen molar-refractivity contribution in [3.05, 3.63) is 35.4 Å². The van der Waals surface area contributed by atoms with Gasteiger partial charge in [-0.05, 0) is 35.8 Å². The molecule has 2 atom stereocenters. The largest absolute Gasteiger partial charge is 0.503 e. The van der Waals surface area contributed by atoms with Gasteiger partial charge >= 0.3 is 12.3 Å². The van der Waals surface area contributed by atoms with Crippen LogP contribution in [-0.2, 0) is 12.8 Å². The van der Waals surface area contributed by atoms with Crippen molar-refractivity contribution >= 4 is 12.3 Å². The summed E-state index contributed by atoms with van der Waals surface area (Å²) in [4.78, 5) is 17.1. The predicted octanol–water partition coefficient (Wildman–Crippen LogP) is 7.65. The second-order valence-corrected chi connectivity index (χ2v) is 7.58. The van der Waals surface area contributed by atoms with Crippen LogP contribution in [0.5, 0.6) is 0 Å². The quantitative estimate of drug-likeness (QED) is 0.273. The molecule has 4 N–H and O–H groups in total. The Labute approximate surface area is 182 Å². The zero-order valence-corrected chi connectivity index (χ0v) is 19.1. The van der Waals surface area contributed by atoms with Gasteiger partial charge in [-0.3, -0.25) is 0 Å². The molecule has 0 bridgehead atoms. The summed E-state index contributed by atoms with van der Waals surface area (Å²) in [5, 5.41) is 27.9. The van der Waals surface area contributed by atoms with Crippen LogP contribution >= 0.6 is 0 Å². The number of hydrogen-bond donors (Lipinski definition) is 4. The van der Waals surface area contributed by atoms with Crippen molar-refractivity contribution in [1.29, 1.82) is 0 Å². The van der Waals surface area contributed by atoms with Gasteiger partial charge in [0.2, 0.25) is 0 Å². The molecule has 174 valence electrons. The van der Waals surface area contributed by atoms with Crippen molar-refractivity contribution in [2.45, 2.75) is 91.9 Å². The fraction of sp³-hybridized carbons (Fsp3) is 0.667. The molecule has 0 saturated heterocycles. The Kier molecular flexibility index (Phi) is 20.0. The number of unbranched alkanes of at least 4 members (excludes halogenated alkanes) is 2. The minimum atomic E-state index is -1.83. The van der Waals surface area contributed by atoms with Crippen LogP contribution in [0.25, 0.3) is 0 Å². The van der Waals surface area contributed by atoms with Crippen LogP contribution in [0, 0.1) is 11.8 Å². The first-order valence-electron chi connectivity index (χ1n) is 11.1. The molecule has 0 aromatic heterocycles. The summed E-state index contributed by atoms with van der Waals surface area (Å²) in [6.07, 6.45) is 9.77. The lowest BCUT2D eigenvalue weighted by atomic mass is 9.85. The molecule has 6 heteroatoms. The Hall–Kier alpha value is -2.24. The highest BCUT2D eigenvalue weighted by Gasteiger charge is 2.13. The van der Waals surface area contributed by atoms with E-state index in [9.17, 15) is 0 Å². The minimum Gasteiger partial charge on any atom is -0.450 e. The molecule has 0 saturated carbocycles. The maximum absolute atomic E-state index is 8.56. The Balaban J connectivity index is 0. The summed E-state index contributed by atoms with van der Waals surface area (Å²) in [7, 11) is 0. The minimum absolute atomic E-state index is 0.872. The van der Waals surface area contributed by atoms with E-state index in [-0.39, 0.29) is 0 Å². The van der Waals surface area contributed by atoms with E-state index >= 15 is 0 Å². The normalized spacial score (nSPS) is 11.9. The molecule has 2 unspecified atom stereocenters. The molecule has 0 aliphatic carbocycles. The molecule has 0 heterocycles. The van der Waals surface area contributed by atoms with Gasteiger partial charge in [0.25, 0.3) is 0 Å². The van der Waals surface area contributed by atoms with Crippen molar-refractivity contribution in [1.82, 2.24) is 0 Å². The fourth-order valence-electron chi connectivity index (χ4n) is 3.46. The van der Waals surface area contributed by atoms with E-state index < -0.39 is 12.3 Å². The summed E-state index contributed by atoms with van der Waals surface area (Å²) in [5.74, 6) is 1.74. The Morgan fingerprint density at radius 1 is 0.700 bits per heavy atom. The summed E-state index contributed by atoms with van der Waals surface area (Å²) in [6.45, 7) is 9.33. The van der Waals surface area contributed by atoms with E-state index in [0.29, 0.717) is 0 Å². The van der Waals surface area contributed by atoms with Crippen molar-refractivity contribution in [2.75, 3.05) is 0 Å². The molecular formula is C24H42O6. The van der Waals surface area contributed by atoms with E-state index in [1.165, 1.54) is 64.2 Å². The van der Waals surface area contributed by atoms with Crippen LogP contribution in [0.4, 0.5) is 9.59 Å². The maximum Gasteiger partial charge on any atom is 0.503 e. The smallest absolute Gasteiger partial charge is 0.450 e. The molecule has 0 aliphatic rings. The van der Waals surface area contributed by atoms with E-state index in [1.54, 1.807) is 11.1 Å². The second-order valence-electron chi connectivity index (χ2n) is 7.58. The monoisotopic (exact) mass is 426 g/mol. The van der Waals surface area contributed by atoms with Crippen molar-refractivity contribution in [2.24, 2.45) is 11.8 Å². The van der Waals surface area contributed by atoms with Crippen LogP contribution in [0.15, 0.2) is 24.3 Å². The summed E-state index contributed by atoms with van der Waals surface area (Å²) in [5.41, 5.74) is 3.25. The lowest BCUT2D eigenvalue weighted by molar-refractivity contribution is 0.135. The fourth-order valence-corrected chi connectivity index (χ4v) is 3.46. The van der Waals surface area contributed by atoms with E-state index in [4.69, 9.17) is 30.0 Å². The molecule has 0 radical (unpaired) electrons. The van der Waals surface area contributed by atoms with Crippen LogP contribution in [0.1, 0.15) is 90.2 Å². The molecule has 1 aromatic rings. The standard InChI is InChI=1S/C22H38.2CH2O3/c1-5-9-13-19(7-3)17-21-15-11-12-16-22(21)18-20(8-4)14-10-6-2;2*2-1(3)4/h11-12,15-16,19-20H,5-10,13-14,17-18H2,1-4H3;2*(H2,2,3,4). The van der Waals surface area contributed by atoms with E-state index in [2.05, 4.69) is 52.0 Å². The molecule has 0 aliphatic heterocycles. The van der Waals surface area contributed by atoms with Crippen LogP contribution in [-0.4, -0.2) is 32.7 Å². The second kappa shape index (κ2) is 20.0. The van der Waals surface area contributed by atoms with Gasteiger partial charge in [0, 0.05) is 0 Å². The first-order valence-corrected chi connectivity index (χ1v) is 11.1. The number of hydrogen-bond acceptors (Lipinski definition) is 2. The van der Waals surface area contributed by atoms with Gasteiger partial charge < -0.3 is 20.4 Å². The summed E-state index contributed by atoms with van der Waals surface area (Å²) in [6, 6.07) is 9.24. The van der Waals surface area contributed by atoms with Gasteiger partial charge in [-0.15, -0.1) is 0 Å². The van der Waals surface area contributed by atoms with Crippen LogP contribution < -0.4 is 0 Å². The van der Waals surface area contributed by atoms with Crippen molar-refractivity contribution in [3.8, 4) is 0 Å². The van der Waals surface area contributed by atoms with E-state index in [1.807, 2.05) is 0 Å². The highest BCUT2D eigenvalue weighted by atomic mass is 16.6. The van der Waals surface area contributed by atoms with Gasteiger partial charge in [0.15, 0.2) is 0 Å². The highest BCUT2D eigenvalue weighted by Crippen LogP contribution is 2.25. The third kappa shape index (κ3) is 19.1. The van der Waals surface area contributed by atoms with Gasteiger partial charge in [0.05, 0.1) is 0 Å². The lowest BCUT2D eigenvalue weighted by Gasteiger charge is -2.20. The van der Waals surface area contributed by atoms with Crippen LogP contribution in [0.3, 0.4) is 0 Å². The summed E-state index contributed by atoms with van der Waals surface area (Å²) < 4.78 is 0. The SMILES string of the molecule is CCCCC(CC)Cc1ccccc1CC(CC)CCCC.O=C(O)O.O=C(O)O. The average Bonchev–Trinajstić information content (AvgIpc) is 2.68. The van der Waals surface area contributed by atoms with Gasteiger partial charge in [0.1, 0.15) is 0 Å². The molecule has 0 amide bonds. The van der Waals surface area contributed by atoms with Crippen molar-refractivity contribution in [3.63, 3.8) is 0 Å². The number of benzene rings is 1. The molecule has 6 nitrogen and oxygen atoms in total. The number of rotatable bonds is 12. The zero-order valence-electron chi connectivity index (χ0n) is 19.1. The first kappa shape index (κ1) is 30.0. The zero-order chi connectivity index (χ0) is 23.4. The van der Waals surface area contributed by atoms with Gasteiger partial charge in [-0.25, -0.2) is 9.59 Å². The van der Waals surface area contributed by atoms with E-state index in [0.717, 1.165) is 11.8 Å². The molecule has 0 fully saturated rings. The summed E-state index contributed by atoms with van der Waals surface area (Å²) >= 11 is 0. The van der Waals surface area contributed by atoms with Gasteiger partial charge in [-0.2, -0.15) is 0 Å². The Morgan fingerprint density at radius 3 is 1.23 bits per heavy atom. The Bertz CT molecular complexity index is 501. The molecule has 1 aromatic carbocycles. The molecule has 0 spiro atoms. The lowest BCUT2D eigenvalue weighted by Crippen LogP contribution is -2.09. The van der Waals surface area contributed by atoms with Crippen LogP contribution in [0.2, 0.25) is 0 Å². The number of carboxylic acid groups (broad SMARTS) is 4. The number of carbonyl (C=O) groups is 2. The molecular weight excluding hydrogens is 384 g/mol. The molecule has 30 heavy (non-hydrogen) atoms.